The van der Waals surface area contributed by atoms with Crippen molar-refractivity contribution in [3.8, 4) is 16.6 Å². The van der Waals surface area contributed by atoms with Gasteiger partial charge in [-0.2, -0.15) is 5.26 Å². The lowest BCUT2D eigenvalue weighted by Crippen LogP contribution is -2.42. The molecule has 3 rings (SSSR count). The van der Waals surface area contributed by atoms with Crippen molar-refractivity contribution in [2.24, 2.45) is 0 Å². The molecule has 1 N–H and O–H groups in total. The summed E-state index contributed by atoms with van der Waals surface area (Å²) in [7, 11) is 0. The Morgan fingerprint density at radius 3 is 2.62 bits per heavy atom. The fourth-order valence-electron chi connectivity index (χ4n) is 2.71. The zero-order valence-corrected chi connectivity index (χ0v) is 17.2. The Bertz CT molecular complexity index is 1100. The highest BCUT2D eigenvalue weighted by Gasteiger charge is 2.22. The largest absolute Gasteiger partial charge is 0.333 e. The molecule has 6 nitrogen and oxygen atoms in total. The van der Waals surface area contributed by atoms with E-state index in [1.165, 1.54) is 17.5 Å². The average molecular weight is 404 g/mol. The van der Waals surface area contributed by atoms with Crippen molar-refractivity contribution < 1.29 is 9.59 Å². The van der Waals surface area contributed by atoms with Crippen LogP contribution in [0.2, 0.25) is 0 Å². The van der Waals surface area contributed by atoms with Crippen molar-refractivity contribution in [2.45, 2.75) is 32.7 Å². The van der Waals surface area contributed by atoms with Crippen molar-refractivity contribution in [1.82, 2.24) is 15.3 Å². The summed E-state index contributed by atoms with van der Waals surface area (Å²) in [5.41, 5.74) is 1.52. The summed E-state index contributed by atoms with van der Waals surface area (Å²) >= 11 is 1.37. The fraction of sp³-hybridized carbons (Fsp3) is 0.227. The second-order valence-corrected chi connectivity index (χ2v) is 8.14. The van der Waals surface area contributed by atoms with E-state index in [0.717, 1.165) is 10.6 Å². The molecular formula is C22H20N4O2S. The number of carbonyl (C=O) groups excluding carboxylic acids is 2. The van der Waals surface area contributed by atoms with E-state index >= 15 is 0 Å². The van der Waals surface area contributed by atoms with Gasteiger partial charge in [0.15, 0.2) is 5.78 Å². The number of nitriles is 1. The van der Waals surface area contributed by atoms with Gasteiger partial charge in [-0.25, -0.2) is 4.98 Å². The van der Waals surface area contributed by atoms with E-state index < -0.39 is 11.4 Å². The third kappa shape index (κ3) is 4.92. The number of aromatic nitrogens is 2. The van der Waals surface area contributed by atoms with E-state index in [-0.39, 0.29) is 17.9 Å². The standard InChI is InChI=1S/C22H20N4O2S/c1-14-19(29-21(25-14)16-7-5-4-6-8-16)18(27)12-15-9-10-24-17(11-15)20(28)26-22(2,3)13-23/h4-11H,12H2,1-3H3,(H,26,28). The van der Waals surface area contributed by atoms with E-state index in [0.29, 0.717) is 16.1 Å². The fourth-order valence-corrected chi connectivity index (χ4v) is 3.72. The van der Waals surface area contributed by atoms with Crippen LogP contribution in [0.5, 0.6) is 0 Å². The quantitative estimate of drug-likeness (QED) is 0.627. The van der Waals surface area contributed by atoms with Crippen LogP contribution in [0.25, 0.3) is 10.6 Å². The second-order valence-electron chi connectivity index (χ2n) is 7.14. The lowest BCUT2D eigenvalue weighted by Gasteiger charge is -2.17. The number of nitrogens with one attached hydrogen (secondary N) is 1. The third-order valence-corrected chi connectivity index (χ3v) is 5.45. The molecule has 1 aromatic carbocycles. The molecule has 0 unspecified atom stereocenters. The molecule has 0 aliphatic carbocycles. The minimum atomic E-state index is -1.00. The molecule has 0 spiro atoms. The molecule has 0 fully saturated rings. The minimum absolute atomic E-state index is 0.0582. The lowest BCUT2D eigenvalue weighted by molar-refractivity contribution is 0.0922. The van der Waals surface area contributed by atoms with Gasteiger partial charge in [0.2, 0.25) is 0 Å². The Balaban J connectivity index is 1.77. The van der Waals surface area contributed by atoms with Crippen molar-refractivity contribution in [3.05, 3.63) is 70.5 Å². The van der Waals surface area contributed by atoms with Gasteiger partial charge in [0, 0.05) is 18.2 Å². The Hall–Kier alpha value is -3.37. The van der Waals surface area contributed by atoms with Crippen molar-refractivity contribution >= 4 is 23.0 Å². The summed E-state index contributed by atoms with van der Waals surface area (Å²) in [6.07, 6.45) is 1.63. The van der Waals surface area contributed by atoms with Gasteiger partial charge in [-0.15, -0.1) is 11.3 Å². The van der Waals surface area contributed by atoms with Crippen LogP contribution in [0.3, 0.4) is 0 Å². The summed E-state index contributed by atoms with van der Waals surface area (Å²) in [5.74, 6) is -0.511. The first-order valence-electron chi connectivity index (χ1n) is 9.04. The number of pyridine rings is 1. The third-order valence-electron chi connectivity index (χ3n) is 4.20. The van der Waals surface area contributed by atoms with Gasteiger partial charge in [0.25, 0.3) is 5.91 Å². The number of Topliss-reactive ketones (excluding diaryl/α,β-unsaturated/α-hetero) is 1. The number of thiazole rings is 1. The molecule has 7 heteroatoms. The van der Waals surface area contributed by atoms with Gasteiger partial charge in [-0.1, -0.05) is 30.3 Å². The number of aryl methyl sites for hydroxylation is 1. The van der Waals surface area contributed by atoms with Crippen molar-refractivity contribution in [3.63, 3.8) is 0 Å². The molecule has 0 saturated heterocycles. The molecule has 29 heavy (non-hydrogen) atoms. The van der Waals surface area contributed by atoms with Crippen LogP contribution >= 0.6 is 11.3 Å². The van der Waals surface area contributed by atoms with Gasteiger partial charge in [0.05, 0.1) is 16.6 Å². The molecule has 3 aromatic rings. The first-order valence-corrected chi connectivity index (χ1v) is 9.85. The molecule has 146 valence electrons. The highest BCUT2D eigenvalue weighted by atomic mass is 32.1. The lowest BCUT2D eigenvalue weighted by atomic mass is 10.1. The SMILES string of the molecule is Cc1nc(-c2ccccc2)sc1C(=O)Cc1ccnc(C(=O)NC(C)(C)C#N)c1. The Morgan fingerprint density at radius 1 is 1.21 bits per heavy atom. The van der Waals surface area contributed by atoms with Gasteiger partial charge in [0.1, 0.15) is 16.2 Å². The molecule has 2 aromatic heterocycles. The van der Waals surface area contributed by atoms with E-state index in [4.69, 9.17) is 5.26 Å². The Labute approximate surface area is 173 Å². The van der Waals surface area contributed by atoms with Crippen LogP contribution < -0.4 is 5.32 Å². The van der Waals surface area contributed by atoms with Crippen molar-refractivity contribution in [1.29, 1.82) is 5.26 Å². The Morgan fingerprint density at radius 2 is 1.93 bits per heavy atom. The number of ketones is 1. The molecule has 2 heterocycles. The molecule has 0 atom stereocenters. The van der Waals surface area contributed by atoms with E-state index in [2.05, 4.69) is 15.3 Å². The zero-order chi connectivity index (χ0) is 21.0. The normalized spacial score (nSPS) is 11.0. The smallest absolute Gasteiger partial charge is 0.271 e. The van der Waals surface area contributed by atoms with Gasteiger partial charge in [-0.3, -0.25) is 14.6 Å². The van der Waals surface area contributed by atoms with Crippen LogP contribution in [0.4, 0.5) is 0 Å². The van der Waals surface area contributed by atoms with Gasteiger partial charge in [-0.05, 0) is 38.5 Å². The predicted octanol–water partition coefficient (Wildman–Crippen LogP) is 3.97. The first-order chi connectivity index (χ1) is 13.8. The van der Waals surface area contributed by atoms with E-state index in [1.54, 1.807) is 26.0 Å². The van der Waals surface area contributed by atoms with Crippen LogP contribution in [0, 0.1) is 18.3 Å². The summed E-state index contributed by atoms with van der Waals surface area (Å²) in [5, 5.41) is 12.5. The number of rotatable bonds is 6. The van der Waals surface area contributed by atoms with E-state index in [1.807, 2.05) is 43.3 Å². The maximum Gasteiger partial charge on any atom is 0.271 e. The molecule has 0 aliphatic heterocycles. The minimum Gasteiger partial charge on any atom is -0.333 e. The highest BCUT2D eigenvalue weighted by molar-refractivity contribution is 7.17. The Kier molecular flexibility index (Phi) is 5.85. The molecule has 0 saturated carbocycles. The predicted molar refractivity (Wildman–Crippen MR) is 112 cm³/mol. The summed E-state index contributed by atoms with van der Waals surface area (Å²) in [6.45, 7) is 5.04. The van der Waals surface area contributed by atoms with E-state index in [9.17, 15) is 9.59 Å². The molecule has 0 bridgehead atoms. The number of hydrogen-bond donors (Lipinski definition) is 1. The summed E-state index contributed by atoms with van der Waals surface area (Å²) in [6, 6.07) is 15.0. The molecular weight excluding hydrogens is 384 g/mol. The average Bonchev–Trinajstić information content (AvgIpc) is 3.10. The summed E-state index contributed by atoms with van der Waals surface area (Å²) in [4.78, 5) is 34.4. The monoisotopic (exact) mass is 404 g/mol. The number of nitrogens with zero attached hydrogens (tertiary/aromatic N) is 3. The molecule has 0 aliphatic rings. The number of benzene rings is 1. The first kappa shape index (κ1) is 20.4. The van der Waals surface area contributed by atoms with Crippen LogP contribution in [0.15, 0.2) is 48.7 Å². The van der Waals surface area contributed by atoms with Crippen LogP contribution in [-0.2, 0) is 6.42 Å². The number of amides is 1. The highest BCUT2D eigenvalue weighted by Crippen LogP contribution is 2.28. The number of carbonyl (C=O) groups is 2. The maximum absolute atomic E-state index is 12.8. The second kappa shape index (κ2) is 8.33. The van der Waals surface area contributed by atoms with Gasteiger partial charge < -0.3 is 5.32 Å². The maximum atomic E-state index is 12.8. The topological polar surface area (TPSA) is 95.7 Å². The van der Waals surface area contributed by atoms with Crippen LogP contribution in [0.1, 0.15) is 45.3 Å². The van der Waals surface area contributed by atoms with Gasteiger partial charge >= 0.3 is 0 Å². The van der Waals surface area contributed by atoms with Crippen molar-refractivity contribution in [2.75, 3.05) is 0 Å². The molecule has 1 amide bonds. The zero-order valence-electron chi connectivity index (χ0n) is 16.4. The summed E-state index contributed by atoms with van der Waals surface area (Å²) < 4.78 is 0. The number of hydrogen-bond acceptors (Lipinski definition) is 6. The molecule has 0 radical (unpaired) electrons. The van der Waals surface area contributed by atoms with Crippen LogP contribution in [-0.4, -0.2) is 27.2 Å².